The number of nitrogens with zero attached hydrogens (tertiary/aromatic N) is 1. The molecule has 224 valence electrons. The second-order valence-corrected chi connectivity index (χ2v) is 10.8. The van der Waals surface area contributed by atoms with E-state index in [-0.39, 0.29) is 37.0 Å². The number of aliphatic imine (C=N–C) groups is 1. The zero-order chi connectivity index (χ0) is 30.2. The maximum atomic E-state index is 13.3. The highest BCUT2D eigenvalue weighted by Gasteiger charge is 2.30. The van der Waals surface area contributed by atoms with Gasteiger partial charge in [0.05, 0.1) is 6.04 Å². The van der Waals surface area contributed by atoms with Crippen molar-refractivity contribution in [1.82, 2.24) is 16.0 Å². The van der Waals surface area contributed by atoms with Crippen LogP contribution in [0.2, 0.25) is 0 Å². The van der Waals surface area contributed by atoms with Crippen LogP contribution < -0.4 is 33.2 Å². The lowest BCUT2D eigenvalue weighted by Gasteiger charge is -2.25. The zero-order valence-corrected chi connectivity index (χ0v) is 24.1. The molecule has 0 radical (unpaired) electrons. The lowest BCUT2D eigenvalue weighted by Crippen LogP contribution is -2.57. The molecular formula is C26H43N7O6S. The molecule has 0 aliphatic rings. The number of guanidine groups is 1. The largest absolute Gasteiger partial charge is 0.508 e. The Bertz CT molecular complexity index is 1000. The number of aromatic hydroxyl groups is 1. The number of phenolic OH excluding ortho intramolecular Hbond substituents is 1. The Morgan fingerprint density at radius 3 is 2.00 bits per heavy atom. The number of carboxylic acids is 1. The summed E-state index contributed by atoms with van der Waals surface area (Å²) < 4.78 is 0. The van der Waals surface area contributed by atoms with Gasteiger partial charge in [-0.05, 0) is 61.3 Å². The van der Waals surface area contributed by atoms with Gasteiger partial charge in [0.25, 0.3) is 0 Å². The van der Waals surface area contributed by atoms with Gasteiger partial charge < -0.3 is 43.4 Å². The fraction of sp³-hybridized carbons (Fsp3) is 0.577. The molecule has 0 saturated heterocycles. The summed E-state index contributed by atoms with van der Waals surface area (Å²) in [5.41, 5.74) is 17.3. The van der Waals surface area contributed by atoms with Gasteiger partial charge in [-0.15, -0.1) is 0 Å². The van der Waals surface area contributed by atoms with Crippen LogP contribution in [0, 0.1) is 5.92 Å². The summed E-state index contributed by atoms with van der Waals surface area (Å²) in [5.74, 6) is -2.39. The van der Waals surface area contributed by atoms with Crippen molar-refractivity contribution in [1.29, 1.82) is 0 Å². The van der Waals surface area contributed by atoms with Gasteiger partial charge in [0.1, 0.15) is 23.9 Å². The third-order valence-electron chi connectivity index (χ3n) is 5.87. The first kappa shape index (κ1) is 34.5. The minimum atomic E-state index is -1.30. The first-order valence-corrected chi connectivity index (χ1v) is 14.4. The van der Waals surface area contributed by atoms with Gasteiger partial charge in [-0.3, -0.25) is 19.4 Å². The summed E-state index contributed by atoms with van der Waals surface area (Å²) in [6, 6.07) is 1.77. The van der Waals surface area contributed by atoms with E-state index in [1.807, 2.05) is 20.1 Å². The molecule has 0 spiro atoms. The highest BCUT2D eigenvalue weighted by Crippen LogP contribution is 2.12. The van der Waals surface area contributed by atoms with E-state index in [0.717, 1.165) is 0 Å². The zero-order valence-electron chi connectivity index (χ0n) is 23.3. The molecule has 11 N–H and O–H groups in total. The summed E-state index contributed by atoms with van der Waals surface area (Å²) >= 11 is 1.49. The number of carbonyl (C=O) groups is 4. The molecule has 4 unspecified atom stereocenters. The fourth-order valence-electron chi connectivity index (χ4n) is 3.78. The molecule has 40 heavy (non-hydrogen) atoms. The average molecular weight is 582 g/mol. The number of carboxylic acid groups (broad SMARTS) is 1. The van der Waals surface area contributed by atoms with Gasteiger partial charge in [-0.25, -0.2) is 4.79 Å². The maximum Gasteiger partial charge on any atom is 0.326 e. The van der Waals surface area contributed by atoms with E-state index in [4.69, 9.17) is 17.2 Å². The third kappa shape index (κ3) is 13.5. The molecule has 1 aromatic carbocycles. The Morgan fingerprint density at radius 1 is 0.925 bits per heavy atom. The number of carbonyl (C=O) groups excluding carboxylic acids is 3. The predicted molar refractivity (Wildman–Crippen MR) is 156 cm³/mol. The number of benzene rings is 1. The van der Waals surface area contributed by atoms with Crippen LogP contribution in [0.25, 0.3) is 0 Å². The summed E-state index contributed by atoms with van der Waals surface area (Å²) in [4.78, 5) is 54.9. The van der Waals surface area contributed by atoms with Crippen molar-refractivity contribution in [3.8, 4) is 5.75 Å². The van der Waals surface area contributed by atoms with E-state index in [9.17, 15) is 29.4 Å². The van der Waals surface area contributed by atoms with Crippen LogP contribution in [0.4, 0.5) is 0 Å². The molecule has 0 heterocycles. The van der Waals surface area contributed by atoms with E-state index in [1.54, 1.807) is 12.1 Å². The first-order chi connectivity index (χ1) is 18.8. The quantitative estimate of drug-likeness (QED) is 0.0637. The van der Waals surface area contributed by atoms with E-state index < -0.39 is 47.9 Å². The van der Waals surface area contributed by atoms with Gasteiger partial charge in [0.15, 0.2) is 5.96 Å². The maximum absolute atomic E-state index is 13.3. The first-order valence-electron chi connectivity index (χ1n) is 13.1. The van der Waals surface area contributed by atoms with Crippen molar-refractivity contribution < 1.29 is 29.4 Å². The second-order valence-electron chi connectivity index (χ2n) is 9.86. The Labute approximate surface area is 239 Å². The van der Waals surface area contributed by atoms with Crippen LogP contribution in [0.15, 0.2) is 29.3 Å². The van der Waals surface area contributed by atoms with Crippen LogP contribution in [-0.4, -0.2) is 82.6 Å². The monoisotopic (exact) mass is 581 g/mol. The number of phenols is 1. The lowest BCUT2D eigenvalue weighted by molar-refractivity contribution is -0.142. The van der Waals surface area contributed by atoms with Crippen molar-refractivity contribution in [2.24, 2.45) is 28.1 Å². The van der Waals surface area contributed by atoms with Crippen molar-refractivity contribution in [3.05, 3.63) is 29.8 Å². The van der Waals surface area contributed by atoms with Crippen molar-refractivity contribution in [2.45, 2.75) is 70.1 Å². The number of aliphatic carboxylic acids is 1. The Hall–Kier alpha value is -3.52. The number of thioether (sulfide) groups is 1. The number of nitrogens with two attached hydrogens (primary N) is 3. The molecule has 13 nitrogen and oxygen atoms in total. The normalized spacial score (nSPS) is 13.9. The van der Waals surface area contributed by atoms with E-state index >= 15 is 0 Å². The second kappa shape index (κ2) is 17.9. The molecule has 0 fully saturated rings. The van der Waals surface area contributed by atoms with Gasteiger partial charge in [-0.1, -0.05) is 26.0 Å². The van der Waals surface area contributed by atoms with E-state index in [0.29, 0.717) is 30.6 Å². The van der Waals surface area contributed by atoms with Gasteiger partial charge >= 0.3 is 5.97 Å². The van der Waals surface area contributed by atoms with E-state index in [1.165, 1.54) is 23.9 Å². The Kier molecular flexibility index (Phi) is 15.5. The van der Waals surface area contributed by atoms with Crippen LogP contribution in [-0.2, 0) is 25.6 Å². The average Bonchev–Trinajstić information content (AvgIpc) is 2.88. The summed E-state index contributed by atoms with van der Waals surface area (Å²) in [6.07, 6.45) is 2.98. The number of hydrogen-bond acceptors (Lipinski definition) is 8. The third-order valence-corrected chi connectivity index (χ3v) is 6.52. The SMILES string of the molecule is CSCCC(NC(=O)C(N)CC(C)C)C(=O)NC(CCCN=C(N)N)C(=O)NC(Cc1ccc(O)cc1)C(=O)O. The van der Waals surface area contributed by atoms with Gasteiger partial charge in [0.2, 0.25) is 17.7 Å². The number of hydrogen-bond donors (Lipinski definition) is 8. The smallest absolute Gasteiger partial charge is 0.326 e. The van der Waals surface area contributed by atoms with Crippen molar-refractivity contribution in [3.63, 3.8) is 0 Å². The van der Waals surface area contributed by atoms with E-state index in [2.05, 4.69) is 20.9 Å². The van der Waals surface area contributed by atoms with Crippen molar-refractivity contribution in [2.75, 3.05) is 18.6 Å². The van der Waals surface area contributed by atoms with Gasteiger partial charge in [0, 0.05) is 13.0 Å². The highest BCUT2D eigenvalue weighted by atomic mass is 32.2. The topological polar surface area (TPSA) is 235 Å². The molecule has 3 amide bonds. The molecular weight excluding hydrogens is 538 g/mol. The molecule has 4 atom stereocenters. The number of amides is 3. The molecule has 0 aliphatic heterocycles. The number of rotatable bonds is 18. The summed E-state index contributed by atoms with van der Waals surface area (Å²) in [5, 5.41) is 27.0. The molecule has 14 heteroatoms. The summed E-state index contributed by atoms with van der Waals surface area (Å²) in [7, 11) is 0. The van der Waals surface area contributed by atoms with Crippen LogP contribution in [0.5, 0.6) is 5.75 Å². The van der Waals surface area contributed by atoms with Crippen LogP contribution in [0.1, 0.15) is 45.1 Å². The Morgan fingerprint density at radius 2 is 1.48 bits per heavy atom. The fourth-order valence-corrected chi connectivity index (χ4v) is 4.25. The minimum absolute atomic E-state index is 0.0245. The minimum Gasteiger partial charge on any atom is -0.508 e. The van der Waals surface area contributed by atoms with Gasteiger partial charge in [-0.2, -0.15) is 11.8 Å². The van der Waals surface area contributed by atoms with Crippen LogP contribution in [0.3, 0.4) is 0 Å². The standard InChI is InChI=1S/C26H43N7O6S/c1-15(2)13-18(27)22(35)31-20(10-12-40-3)24(37)32-19(5-4-11-30-26(28)29)23(36)33-21(25(38)39)14-16-6-8-17(34)9-7-16/h6-9,15,18-21,34H,4-5,10-14,27H2,1-3H3,(H,31,35)(H,32,37)(H,33,36)(H,38,39)(H4,28,29,30). The molecule has 1 aromatic rings. The Balaban J connectivity index is 3.07. The highest BCUT2D eigenvalue weighted by molar-refractivity contribution is 7.98. The molecule has 0 bridgehead atoms. The molecule has 1 rings (SSSR count). The lowest BCUT2D eigenvalue weighted by atomic mass is 10.0. The number of nitrogens with one attached hydrogen (secondary N) is 3. The van der Waals surface area contributed by atoms with Crippen LogP contribution >= 0.6 is 11.8 Å². The molecule has 0 aromatic heterocycles. The summed E-state index contributed by atoms with van der Waals surface area (Å²) in [6.45, 7) is 4.06. The van der Waals surface area contributed by atoms with Crippen molar-refractivity contribution >= 4 is 41.4 Å². The molecule has 0 saturated carbocycles. The predicted octanol–water partition coefficient (Wildman–Crippen LogP) is -0.346. The molecule has 0 aliphatic carbocycles.